The molecule has 5 fully saturated rings. The van der Waals surface area contributed by atoms with Crippen molar-refractivity contribution in [3.63, 3.8) is 0 Å². The third kappa shape index (κ3) is 4.54. The smallest absolute Gasteiger partial charge is 0.196 e. The fourth-order valence-corrected chi connectivity index (χ4v) is 13.0. The first kappa shape index (κ1) is 34.6. The van der Waals surface area contributed by atoms with Crippen LogP contribution in [0.5, 0.6) is 0 Å². The molecular formula is C37H59FO9. The van der Waals surface area contributed by atoms with Crippen molar-refractivity contribution in [2.24, 2.45) is 44.8 Å². The summed E-state index contributed by atoms with van der Waals surface area (Å²) >= 11 is 0. The molecule has 1 saturated heterocycles. The van der Waals surface area contributed by atoms with Crippen molar-refractivity contribution >= 4 is 0 Å². The average Bonchev–Trinajstić information content (AvgIpc) is 3.61. The van der Waals surface area contributed by atoms with E-state index in [0.717, 1.165) is 44.9 Å². The minimum atomic E-state index is -1.56. The topological polar surface area (TPSA) is 138 Å². The first-order valence-corrected chi connectivity index (χ1v) is 18.2. The highest BCUT2D eigenvalue weighted by atomic mass is 19.1. The Morgan fingerprint density at radius 1 is 0.936 bits per heavy atom. The highest BCUT2D eigenvalue weighted by molar-refractivity contribution is 5.43. The van der Waals surface area contributed by atoms with Gasteiger partial charge in [-0.3, -0.25) is 0 Å². The SMILES string of the molecule is C[C@@H]1C[C@H]([C@H](O[C@@H](C)F)C(C)(C)O)OC2=C1[C@@]1(C)CC[C@@]34C[C@@]35CC[C@H](O[C@@H]3OC[C@@H](O)[C@H](O)[C@H]3O)C(C)(C)[C@@H]5CC[C@H]4[C@]1(C)[C@H]2O. The molecule has 0 amide bonds. The summed E-state index contributed by atoms with van der Waals surface area (Å²) in [7, 11) is 0. The second kappa shape index (κ2) is 10.8. The third-order valence-corrected chi connectivity index (χ3v) is 15.3. The number of alkyl halides is 1. The maximum atomic E-state index is 14.2. The lowest BCUT2D eigenvalue weighted by Gasteiger charge is -2.63. The highest BCUT2D eigenvalue weighted by Gasteiger charge is 2.83. The lowest BCUT2D eigenvalue weighted by atomic mass is 9.41. The first-order chi connectivity index (χ1) is 21.8. The Morgan fingerprint density at radius 2 is 1.60 bits per heavy atom. The molecule has 10 heteroatoms. The van der Waals surface area contributed by atoms with Crippen LogP contribution in [-0.4, -0.2) is 93.1 Å². The maximum absolute atomic E-state index is 14.2. The molecule has 7 rings (SSSR count). The van der Waals surface area contributed by atoms with Gasteiger partial charge in [-0.2, -0.15) is 0 Å². The van der Waals surface area contributed by atoms with Crippen LogP contribution in [-0.2, 0) is 18.9 Å². The average molecular weight is 667 g/mol. The van der Waals surface area contributed by atoms with E-state index in [9.17, 15) is 29.9 Å². The molecule has 7 aliphatic rings. The fraction of sp³-hybridized carbons (Fsp3) is 0.946. The Morgan fingerprint density at radius 3 is 2.26 bits per heavy atom. The number of ether oxygens (including phenoxy) is 4. The fourth-order valence-electron chi connectivity index (χ4n) is 13.0. The van der Waals surface area contributed by atoms with Crippen LogP contribution in [0.15, 0.2) is 11.3 Å². The number of hydrogen-bond donors (Lipinski definition) is 5. The summed E-state index contributed by atoms with van der Waals surface area (Å²) in [6.45, 7) is 15.9. The second-order valence-electron chi connectivity index (χ2n) is 18.2. The Kier molecular flexibility index (Phi) is 7.97. The van der Waals surface area contributed by atoms with Gasteiger partial charge < -0.3 is 44.5 Å². The van der Waals surface area contributed by atoms with Crippen molar-refractivity contribution < 1.29 is 48.9 Å². The third-order valence-electron chi connectivity index (χ3n) is 15.3. The van der Waals surface area contributed by atoms with Crippen molar-refractivity contribution in [2.75, 3.05) is 6.61 Å². The van der Waals surface area contributed by atoms with Gasteiger partial charge in [-0.1, -0.05) is 34.6 Å². The van der Waals surface area contributed by atoms with Crippen LogP contribution in [0.2, 0.25) is 0 Å². The predicted octanol–water partition coefficient (Wildman–Crippen LogP) is 4.36. The Bertz CT molecular complexity index is 1280. The normalized spacial score (nSPS) is 53.1. The zero-order valence-corrected chi connectivity index (χ0v) is 29.5. The summed E-state index contributed by atoms with van der Waals surface area (Å²) in [5.74, 6) is 1.44. The van der Waals surface area contributed by atoms with E-state index < -0.39 is 60.3 Å². The molecule has 0 aromatic carbocycles. The molecule has 0 aromatic rings. The molecule has 47 heavy (non-hydrogen) atoms. The second-order valence-corrected chi connectivity index (χ2v) is 18.2. The molecule has 0 bridgehead atoms. The van der Waals surface area contributed by atoms with E-state index in [1.54, 1.807) is 13.8 Å². The van der Waals surface area contributed by atoms with Gasteiger partial charge in [-0.25, -0.2) is 4.39 Å². The highest BCUT2D eigenvalue weighted by Crippen LogP contribution is 2.89. The Labute approximate surface area is 279 Å². The van der Waals surface area contributed by atoms with E-state index in [1.165, 1.54) is 12.5 Å². The van der Waals surface area contributed by atoms with Crippen LogP contribution in [0.3, 0.4) is 0 Å². The van der Waals surface area contributed by atoms with Gasteiger partial charge in [0, 0.05) is 10.8 Å². The van der Waals surface area contributed by atoms with E-state index >= 15 is 0 Å². The van der Waals surface area contributed by atoms with E-state index in [2.05, 4.69) is 34.6 Å². The molecule has 9 nitrogen and oxygen atoms in total. The van der Waals surface area contributed by atoms with Gasteiger partial charge in [-0.15, -0.1) is 0 Å². The molecule has 268 valence electrons. The molecule has 0 radical (unpaired) electrons. The molecule has 2 spiro atoms. The van der Waals surface area contributed by atoms with Crippen LogP contribution in [0.25, 0.3) is 0 Å². The molecule has 0 aromatic heterocycles. The number of fused-ring (bicyclic) bond motifs is 3. The number of hydrogen-bond acceptors (Lipinski definition) is 9. The molecule has 4 saturated carbocycles. The Hall–Kier alpha value is -0.850. The minimum Gasteiger partial charge on any atom is -0.489 e. The van der Waals surface area contributed by atoms with Gasteiger partial charge in [0.1, 0.15) is 42.4 Å². The molecule has 2 aliphatic heterocycles. The van der Waals surface area contributed by atoms with Crippen molar-refractivity contribution in [2.45, 2.75) is 168 Å². The molecule has 5 aliphatic carbocycles. The van der Waals surface area contributed by atoms with Crippen LogP contribution < -0.4 is 0 Å². The van der Waals surface area contributed by atoms with Crippen molar-refractivity contribution in [3.8, 4) is 0 Å². The van der Waals surface area contributed by atoms with Gasteiger partial charge in [0.25, 0.3) is 0 Å². The standard InChI is InChI=1S/C37H59FO9/c1-18-15-21(30(33(5,6)43)45-19(2)38)46-28-25(18)34(7)13-14-37-17-36(37)12-11-24(47-31-27(41)26(40)20(39)16-44-31)32(3,4)22(36)9-10-23(37)35(34,8)29(28)42/h18-24,26-27,29-31,39-43H,9-17H2,1-8H3/t18-,19+,20-,21-,22+,23+,24+,26+,27-,29+,30+,31+,34-,35-,36-,37+/m1/s1. The molecule has 5 N–H and O–H groups in total. The van der Waals surface area contributed by atoms with E-state index in [-0.39, 0.29) is 40.3 Å². The van der Waals surface area contributed by atoms with E-state index in [4.69, 9.17) is 18.9 Å². The monoisotopic (exact) mass is 666 g/mol. The summed E-state index contributed by atoms with van der Waals surface area (Å²) < 4.78 is 38.5. The van der Waals surface area contributed by atoms with Crippen LogP contribution in [0.1, 0.15) is 107 Å². The number of aliphatic hydroxyl groups is 5. The maximum Gasteiger partial charge on any atom is 0.196 e. The van der Waals surface area contributed by atoms with Gasteiger partial charge in [0.2, 0.25) is 0 Å². The van der Waals surface area contributed by atoms with Gasteiger partial charge in [0.05, 0.1) is 18.3 Å². The van der Waals surface area contributed by atoms with Crippen molar-refractivity contribution in [1.29, 1.82) is 0 Å². The molecular weight excluding hydrogens is 607 g/mol. The lowest BCUT2D eigenvalue weighted by Crippen LogP contribution is -2.61. The van der Waals surface area contributed by atoms with Crippen LogP contribution >= 0.6 is 0 Å². The van der Waals surface area contributed by atoms with E-state index in [1.807, 2.05) is 0 Å². The minimum absolute atomic E-state index is 0.0740. The quantitative estimate of drug-likeness (QED) is 0.262. The number of allylic oxidation sites excluding steroid dienone is 1. The zero-order valence-electron chi connectivity index (χ0n) is 29.5. The summed E-state index contributed by atoms with van der Waals surface area (Å²) in [6, 6.07) is 0. The van der Waals surface area contributed by atoms with Gasteiger partial charge >= 0.3 is 0 Å². The predicted molar refractivity (Wildman–Crippen MR) is 170 cm³/mol. The number of rotatable bonds is 6. The van der Waals surface area contributed by atoms with Crippen molar-refractivity contribution in [3.05, 3.63) is 11.3 Å². The first-order valence-electron chi connectivity index (χ1n) is 18.2. The van der Waals surface area contributed by atoms with Crippen LogP contribution in [0.4, 0.5) is 4.39 Å². The summed E-state index contributed by atoms with van der Waals surface area (Å²) in [5, 5.41) is 54.2. The number of aliphatic hydroxyl groups excluding tert-OH is 4. The Balaban J connectivity index is 1.15. The summed E-state index contributed by atoms with van der Waals surface area (Å²) in [4.78, 5) is 0. The van der Waals surface area contributed by atoms with Gasteiger partial charge in [-0.05, 0) is 112 Å². The van der Waals surface area contributed by atoms with Crippen LogP contribution in [0, 0.1) is 44.8 Å². The number of halogens is 1. The van der Waals surface area contributed by atoms with E-state index in [0.29, 0.717) is 24.0 Å². The zero-order chi connectivity index (χ0) is 34.3. The largest absolute Gasteiger partial charge is 0.489 e. The molecule has 16 atom stereocenters. The summed E-state index contributed by atoms with van der Waals surface area (Å²) in [5.41, 5.74) is -0.724. The molecule has 0 unspecified atom stereocenters. The summed E-state index contributed by atoms with van der Waals surface area (Å²) in [6.07, 6.45) is -1.04. The van der Waals surface area contributed by atoms with Gasteiger partial charge in [0.15, 0.2) is 12.6 Å². The van der Waals surface area contributed by atoms with Crippen molar-refractivity contribution in [1.82, 2.24) is 0 Å². The molecule has 2 heterocycles. The lowest BCUT2D eigenvalue weighted by molar-refractivity contribution is -0.303.